The SMILES string of the molecule is CNC(c1cncc(OC)c1)c1cnns1. The molecule has 16 heavy (non-hydrogen) atoms. The van der Waals surface area contributed by atoms with Gasteiger partial charge in [-0.05, 0) is 30.2 Å². The molecule has 0 aromatic carbocycles. The van der Waals surface area contributed by atoms with Crippen LogP contribution in [-0.4, -0.2) is 28.7 Å². The number of pyridine rings is 1. The molecule has 0 saturated heterocycles. The van der Waals surface area contributed by atoms with Gasteiger partial charge in [-0.2, -0.15) is 0 Å². The predicted molar refractivity (Wildman–Crippen MR) is 61.6 cm³/mol. The third-order valence-electron chi connectivity index (χ3n) is 2.25. The lowest BCUT2D eigenvalue weighted by Crippen LogP contribution is -2.16. The van der Waals surface area contributed by atoms with Crippen LogP contribution in [0.15, 0.2) is 24.7 Å². The summed E-state index contributed by atoms with van der Waals surface area (Å²) in [4.78, 5) is 5.19. The Bertz CT molecular complexity index is 446. The predicted octanol–water partition coefficient (Wildman–Crippen LogP) is 1.25. The maximum atomic E-state index is 5.15. The van der Waals surface area contributed by atoms with Crippen molar-refractivity contribution in [3.8, 4) is 5.75 Å². The van der Waals surface area contributed by atoms with E-state index in [9.17, 15) is 0 Å². The van der Waals surface area contributed by atoms with Gasteiger partial charge >= 0.3 is 0 Å². The van der Waals surface area contributed by atoms with Crippen LogP contribution >= 0.6 is 11.5 Å². The first-order valence-corrected chi connectivity index (χ1v) is 5.56. The fourth-order valence-electron chi connectivity index (χ4n) is 1.48. The second-order valence-corrected chi connectivity index (χ2v) is 4.02. The molecule has 0 amide bonds. The highest BCUT2D eigenvalue weighted by atomic mass is 32.1. The molecule has 1 N–H and O–H groups in total. The molecule has 2 rings (SSSR count). The first-order valence-electron chi connectivity index (χ1n) is 4.78. The normalized spacial score (nSPS) is 12.4. The first kappa shape index (κ1) is 11.0. The van der Waals surface area contributed by atoms with E-state index in [0.717, 1.165) is 16.2 Å². The summed E-state index contributed by atoms with van der Waals surface area (Å²) in [5.74, 6) is 0.746. The quantitative estimate of drug-likeness (QED) is 0.865. The summed E-state index contributed by atoms with van der Waals surface area (Å²) in [5, 5.41) is 7.04. The molecule has 1 atom stereocenters. The summed E-state index contributed by atoms with van der Waals surface area (Å²) in [6, 6.07) is 2.01. The fraction of sp³-hybridized carbons (Fsp3) is 0.300. The molecule has 0 saturated carbocycles. The van der Waals surface area contributed by atoms with Gasteiger partial charge in [-0.15, -0.1) is 5.10 Å². The van der Waals surface area contributed by atoms with Crippen LogP contribution in [0.5, 0.6) is 5.75 Å². The zero-order valence-corrected chi connectivity index (χ0v) is 9.86. The van der Waals surface area contributed by atoms with E-state index in [2.05, 4.69) is 19.9 Å². The molecule has 1 unspecified atom stereocenters. The van der Waals surface area contributed by atoms with Crippen LogP contribution in [0.25, 0.3) is 0 Å². The van der Waals surface area contributed by atoms with Crippen molar-refractivity contribution in [2.45, 2.75) is 6.04 Å². The number of nitrogens with one attached hydrogen (secondary N) is 1. The number of methoxy groups -OCH3 is 1. The summed E-state index contributed by atoms with van der Waals surface area (Å²) < 4.78 is 9.01. The Hall–Kier alpha value is -1.53. The van der Waals surface area contributed by atoms with Gasteiger partial charge in [-0.25, -0.2) is 0 Å². The molecule has 0 bridgehead atoms. The van der Waals surface area contributed by atoms with Crippen LogP contribution in [0.1, 0.15) is 16.5 Å². The minimum atomic E-state index is 0.0580. The highest BCUT2D eigenvalue weighted by Crippen LogP contribution is 2.25. The van der Waals surface area contributed by atoms with Crippen molar-refractivity contribution in [3.63, 3.8) is 0 Å². The molecule has 5 nitrogen and oxygen atoms in total. The Labute approximate surface area is 97.7 Å². The summed E-state index contributed by atoms with van der Waals surface area (Å²) in [7, 11) is 3.52. The van der Waals surface area contributed by atoms with Crippen LogP contribution in [0.2, 0.25) is 0 Å². The number of nitrogens with zero attached hydrogens (tertiary/aromatic N) is 3. The molecule has 2 aromatic rings. The summed E-state index contributed by atoms with van der Waals surface area (Å²) in [6.07, 6.45) is 5.25. The largest absolute Gasteiger partial charge is 0.495 e. The van der Waals surface area contributed by atoms with E-state index in [-0.39, 0.29) is 6.04 Å². The first-order chi connectivity index (χ1) is 7.85. The number of hydrogen-bond donors (Lipinski definition) is 1. The molecule has 0 radical (unpaired) electrons. The van der Waals surface area contributed by atoms with Gasteiger partial charge in [-0.1, -0.05) is 4.49 Å². The van der Waals surface area contributed by atoms with Gasteiger partial charge in [0.2, 0.25) is 0 Å². The average molecular weight is 236 g/mol. The minimum Gasteiger partial charge on any atom is -0.495 e. The highest BCUT2D eigenvalue weighted by molar-refractivity contribution is 7.05. The summed E-state index contributed by atoms with van der Waals surface area (Å²) in [6.45, 7) is 0. The van der Waals surface area contributed by atoms with E-state index in [0.29, 0.717) is 0 Å². The van der Waals surface area contributed by atoms with Crippen LogP contribution in [0, 0.1) is 0 Å². The van der Waals surface area contributed by atoms with Gasteiger partial charge in [0.25, 0.3) is 0 Å². The molecule has 0 aliphatic carbocycles. The molecule has 84 valence electrons. The molecule has 0 aliphatic heterocycles. The van der Waals surface area contributed by atoms with Crippen molar-refractivity contribution in [2.75, 3.05) is 14.2 Å². The van der Waals surface area contributed by atoms with Crippen molar-refractivity contribution >= 4 is 11.5 Å². The zero-order chi connectivity index (χ0) is 11.4. The van der Waals surface area contributed by atoms with Crippen molar-refractivity contribution in [1.82, 2.24) is 19.9 Å². The van der Waals surface area contributed by atoms with Crippen molar-refractivity contribution < 1.29 is 4.74 Å². The molecular weight excluding hydrogens is 224 g/mol. The lowest BCUT2D eigenvalue weighted by Gasteiger charge is -2.14. The van der Waals surface area contributed by atoms with Crippen LogP contribution < -0.4 is 10.1 Å². The topological polar surface area (TPSA) is 59.9 Å². The monoisotopic (exact) mass is 236 g/mol. The molecular formula is C10H12N4OS. The van der Waals surface area contributed by atoms with Gasteiger partial charge in [0.15, 0.2) is 0 Å². The maximum Gasteiger partial charge on any atom is 0.137 e. The van der Waals surface area contributed by atoms with E-state index >= 15 is 0 Å². The summed E-state index contributed by atoms with van der Waals surface area (Å²) >= 11 is 1.37. The molecule has 0 spiro atoms. The van der Waals surface area contributed by atoms with Crippen LogP contribution in [0.3, 0.4) is 0 Å². The maximum absolute atomic E-state index is 5.15. The zero-order valence-electron chi connectivity index (χ0n) is 9.04. The second kappa shape index (κ2) is 5.00. The Morgan fingerprint density at radius 2 is 2.25 bits per heavy atom. The van der Waals surface area contributed by atoms with Crippen LogP contribution in [0.4, 0.5) is 0 Å². The number of hydrogen-bond acceptors (Lipinski definition) is 6. The van der Waals surface area contributed by atoms with E-state index in [1.54, 1.807) is 19.5 Å². The summed E-state index contributed by atoms with van der Waals surface area (Å²) in [5.41, 5.74) is 1.04. The fourth-order valence-corrected chi connectivity index (χ4v) is 2.12. The molecule has 2 heterocycles. The Morgan fingerprint density at radius 3 is 2.88 bits per heavy atom. The van der Waals surface area contributed by atoms with E-state index in [1.807, 2.05) is 19.3 Å². The van der Waals surface area contributed by atoms with E-state index in [1.165, 1.54) is 11.5 Å². The molecule has 6 heteroatoms. The van der Waals surface area contributed by atoms with Gasteiger partial charge < -0.3 is 10.1 Å². The number of aromatic nitrogens is 3. The van der Waals surface area contributed by atoms with Crippen molar-refractivity contribution in [3.05, 3.63) is 35.1 Å². The lowest BCUT2D eigenvalue weighted by atomic mass is 10.1. The lowest BCUT2D eigenvalue weighted by molar-refractivity contribution is 0.411. The van der Waals surface area contributed by atoms with Gasteiger partial charge in [0.05, 0.1) is 30.4 Å². The van der Waals surface area contributed by atoms with Crippen LogP contribution in [-0.2, 0) is 0 Å². The molecule has 0 fully saturated rings. The van der Waals surface area contributed by atoms with Crippen molar-refractivity contribution in [1.29, 1.82) is 0 Å². The number of rotatable bonds is 4. The smallest absolute Gasteiger partial charge is 0.137 e. The molecule has 0 aliphatic rings. The third kappa shape index (κ3) is 2.17. The average Bonchev–Trinajstić information content (AvgIpc) is 2.84. The Morgan fingerprint density at radius 1 is 1.38 bits per heavy atom. The van der Waals surface area contributed by atoms with Gasteiger partial charge in [0, 0.05) is 6.20 Å². The third-order valence-corrected chi connectivity index (χ3v) is 2.98. The van der Waals surface area contributed by atoms with E-state index in [4.69, 9.17) is 4.74 Å². The number of ether oxygens (including phenoxy) is 1. The van der Waals surface area contributed by atoms with Crippen molar-refractivity contribution in [2.24, 2.45) is 0 Å². The second-order valence-electron chi connectivity index (χ2n) is 3.20. The minimum absolute atomic E-state index is 0.0580. The standard InChI is InChI=1S/C10H12N4OS/c1-11-10(9-6-13-14-16-9)7-3-8(15-2)5-12-4-7/h3-6,10-11H,1-2H3. The highest BCUT2D eigenvalue weighted by Gasteiger charge is 2.15. The van der Waals surface area contributed by atoms with E-state index < -0.39 is 0 Å². The molecule has 2 aromatic heterocycles. The van der Waals surface area contributed by atoms with Gasteiger partial charge in [0.1, 0.15) is 5.75 Å². The van der Waals surface area contributed by atoms with Gasteiger partial charge in [-0.3, -0.25) is 4.98 Å². The Kier molecular flexibility index (Phi) is 3.43. The Balaban J connectivity index is 2.33.